The van der Waals surface area contributed by atoms with E-state index in [9.17, 15) is 5.11 Å². The molecule has 0 radical (unpaired) electrons. The third-order valence-corrected chi connectivity index (χ3v) is 7.01. The molecule has 1 aliphatic heterocycles. The van der Waals surface area contributed by atoms with Gasteiger partial charge < -0.3 is 14.7 Å². The maximum absolute atomic E-state index is 11.4. The standard InChI is InChI=1S/C23H28ClNO2/c1-27-19-11-9-17(10-12-19)22-20-7-4-5-13-23(20,26)14-15-25(22)16-18-6-2-3-8-21(18)24/h2-3,6,8-12,20,22,26H,4-5,7,13-16H2,1H3/p+1/t20-,22-,23+/m1/s1. The summed E-state index contributed by atoms with van der Waals surface area (Å²) in [5, 5.41) is 12.2. The lowest BCUT2D eigenvalue weighted by Gasteiger charge is -2.50. The Morgan fingerprint density at radius 3 is 2.63 bits per heavy atom. The summed E-state index contributed by atoms with van der Waals surface area (Å²) in [7, 11) is 1.70. The summed E-state index contributed by atoms with van der Waals surface area (Å²) in [6.45, 7) is 1.86. The van der Waals surface area contributed by atoms with E-state index in [1.54, 1.807) is 7.11 Å². The number of likely N-dealkylation sites (tertiary alicyclic amines) is 1. The van der Waals surface area contributed by atoms with Gasteiger partial charge in [0.05, 0.1) is 19.3 Å². The van der Waals surface area contributed by atoms with Crippen LogP contribution in [0.1, 0.15) is 49.3 Å². The van der Waals surface area contributed by atoms with Crippen molar-refractivity contribution in [2.75, 3.05) is 13.7 Å². The molecule has 1 saturated heterocycles. The first-order valence-corrected chi connectivity index (χ1v) is 10.4. The van der Waals surface area contributed by atoms with Crippen molar-refractivity contribution in [2.45, 2.75) is 50.3 Å². The van der Waals surface area contributed by atoms with E-state index in [4.69, 9.17) is 16.3 Å². The molecular formula is C23H29ClNO2+. The van der Waals surface area contributed by atoms with Gasteiger partial charge in [-0.25, -0.2) is 0 Å². The molecule has 4 atom stereocenters. The Morgan fingerprint density at radius 2 is 1.89 bits per heavy atom. The van der Waals surface area contributed by atoms with Gasteiger partial charge in [-0.05, 0) is 43.2 Å². The van der Waals surface area contributed by atoms with Crippen LogP contribution in [0, 0.1) is 5.92 Å². The maximum atomic E-state index is 11.4. The quantitative estimate of drug-likeness (QED) is 0.838. The van der Waals surface area contributed by atoms with E-state index in [1.807, 2.05) is 24.3 Å². The van der Waals surface area contributed by atoms with E-state index in [-0.39, 0.29) is 6.04 Å². The Labute approximate surface area is 166 Å². The average molecular weight is 387 g/mol. The highest BCUT2D eigenvalue weighted by molar-refractivity contribution is 6.31. The van der Waals surface area contributed by atoms with Crippen LogP contribution in [0.15, 0.2) is 48.5 Å². The molecule has 2 aliphatic rings. The van der Waals surface area contributed by atoms with Crippen LogP contribution in [0.4, 0.5) is 0 Å². The normalized spacial score (nSPS) is 30.6. The number of halogens is 1. The molecule has 0 spiro atoms. The molecule has 27 heavy (non-hydrogen) atoms. The monoisotopic (exact) mass is 386 g/mol. The van der Waals surface area contributed by atoms with Crippen molar-refractivity contribution in [2.24, 2.45) is 5.92 Å². The molecule has 1 aliphatic carbocycles. The number of fused-ring (bicyclic) bond motifs is 1. The summed E-state index contributed by atoms with van der Waals surface area (Å²) in [5.74, 6) is 1.17. The average Bonchev–Trinajstić information content (AvgIpc) is 2.70. The fraction of sp³-hybridized carbons (Fsp3) is 0.478. The first-order valence-electron chi connectivity index (χ1n) is 10.0. The number of aliphatic hydroxyl groups is 1. The molecule has 3 nitrogen and oxygen atoms in total. The van der Waals surface area contributed by atoms with Crippen LogP contribution in [0.25, 0.3) is 0 Å². The molecule has 2 aromatic carbocycles. The van der Waals surface area contributed by atoms with E-state index >= 15 is 0 Å². The Hall–Kier alpha value is -1.55. The molecule has 2 aromatic rings. The van der Waals surface area contributed by atoms with Gasteiger partial charge in [0.1, 0.15) is 18.3 Å². The van der Waals surface area contributed by atoms with Gasteiger partial charge in [-0.15, -0.1) is 0 Å². The minimum atomic E-state index is -0.521. The number of hydrogen-bond acceptors (Lipinski definition) is 2. The second-order valence-electron chi connectivity index (χ2n) is 8.13. The SMILES string of the molecule is COc1ccc([C@@H]2[C@H]3CCCC[C@]3(O)CC[NH+]2Cc2ccccc2Cl)cc1. The van der Waals surface area contributed by atoms with Gasteiger partial charge in [0.15, 0.2) is 0 Å². The highest BCUT2D eigenvalue weighted by Crippen LogP contribution is 2.44. The van der Waals surface area contributed by atoms with E-state index in [1.165, 1.54) is 22.4 Å². The number of methoxy groups -OCH3 is 1. The predicted molar refractivity (Wildman–Crippen MR) is 108 cm³/mol. The number of benzene rings is 2. The topological polar surface area (TPSA) is 33.9 Å². The van der Waals surface area contributed by atoms with Crippen LogP contribution in [0.3, 0.4) is 0 Å². The van der Waals surface area contributed by atoms with E-state index < -0.39 is 5.60 Å². The Bertz CT molecular complexity index is 778. The lowest BCUT2D eigenvalue weighted by atomic mass is 9.66. The minimum Gasteiger partial charge on any atom is -0.497 e. The summed E-state index contributed by atoms with van der Waals surface area (Å²) >= 11 is 6.46. The van der Waals surface area contributed by atoms with Gasteiger partial charge in [-0.1, -0.05) is 42.6 Å². The summed E-state index contributed by atoms with van der Waals surface area (Å²) in [6.07, 6.45) is 5.26. The molecule has 4 heteroatoms. The second-order valence-corrected chi connectivity index (χ2v) is 8.54. The van der Waals surface area contributed by atoms with Crippen molar-refractivity contribution < 1.29 is 14.7 Å². The van der Waals surface area contributed by atoms with E-state index in [2.05, 4.69) is 24.3 Å². The molecule has 0 bridgehead atoms. The number of hydrogen-bond donors (Lipinski definition) is 2. The van der Waals surface area contributed by atoms with Gasteiger partial charge >= 0.3 is 0 Å². The Kier molecular flexibility index (Phi) is 5.45. The molecule has 144 valence electrons. The Morgan fingerprint density at radius 1 is 1.11 bits per heavy atom. The van der Waals surface area contributed by atoms with Crippen LogP contribution < -0.4 is 9.64 Å². The van der Waals surface area contributed by atoms with Gasteiger partial charge in [-0.3, -0.25) is 0 Å². The maximum Gasteiger partial charge on any atom is 0.119 e. The van der Waals surface area contributed by atoms with E-state index in [0.717, 1.165) is 49.5 Å². The third-order valence-electron chi connectivity index (χ3n) is 6.64. The van der Waals surface area contributed by atoms with Crippen molar-refractivity contribution in [1.29, 1.82) is 0 Å². The molecule has 1 saturated carbocycles. The molecule has 2 fully saturated rings. The number of rotatable bonds is 4. The summed E-state index contributed by atoms with van der Waals surface area (Å²) in [6, 6.07) is 16.9. The van der Waals surface area contributed by atoms with Crippen molar-refractivity contribution >= 4 is 11.6 Å². The van der Waals surface area contributed by atoms with Crippen LogP contribution in [-0.4, -0.2) is 24.4 Å². The largest absolute Gasteiger partial charge is 0.497 e. The van der Waals surface area contributed by atoms with Gasteiger partial charge in [0.25, 0.3) is 0 Å². The number of quaternary nitrogens is 1. The van der Waals surface area contributed by atoms with Gasteiger partial charge in [-0.2, -0.15) is 0 Å². The highest BCUT2D eigenvalue weighted by Gasteiger charge is 2.51. The predicted octanol–water partition coefficient (Wildman–Crippen LogP) is 3.80. The molecule has 4 rings (SSSR count). The van der Waals surface area contributed by atoms with Crippen LogP contribution in [0.5, 0.6) is 5.75 Å². The summed E-state index contributed by atoms with van der Waals surface area (Å²) in [4.78, 5) is 1.50. The Balaban J connectivity index is 1.69. The van der Waals surface area contributed by atoms with E-state index in [0.29, 0.717) is 5.92 Å². The fourth-order valence-corrected chi connectivity index (χ4v) is 5.42. The van der Waals surface area contributed by atoms with Gasteiger partial charge in [0.2, 0.25) is 0 Å². The molecule has 1 unspecified atom stereocenters. The summed E-state index contributed by atoms with van der Waals surface area (Å²) < 4.78 is 5.35. The highest BCUT2D eigenvalue weighted by atomic mass is 35.5. The smallest absolute Gasteiger partial charge is 0.119 e. The number of ether oxygens (including phenoxy) is 1. The zero-order valence-corrected chi connectivity index (χ0v) is 16.7. The summed E-state index contributed by atoms with van der Waals surface area (Å²) in [5.41, 5.74) is 1.96. The number of nitrogens with one attached hydrogen (secondary N) is 1. The zero-order valence-electron chi connectivity index (χ0n) is 16.0. The molecular weight excluding hydrogens is 358 g/mol. The minimum absolute atomic E-state index is 0.284. The van der Waals surface area contributed by atoms with Crippen molar-refractivity contribution in [3.05, 3.63) is 64.7 Å². The second kappa shape index (κ2) is 7.83. The fourth-order valence-electron chi connectivity index (χ4n) is 5.22. The lowest BCUT2D eigenvalue weighted by molar-refractivity contribution is -0.958. The molecule has 2 N–H and O–H groups in total. The first-order chi connectivity index (χ1) is 13.1. The molecule has 0 aromatic heterocycles. The van der Waals surface area contributed by atoms with Crippen molar-refractivity contribution in [3.63, 3.8) is 0 Å². The van der Waals surface area contributed by atoms with Crippen LogP contribution >= 0.6 is 11.6 Å². The van der Waals surface area contributed by atoms with Crippen molar-refractivity contribution in [3.8, 4) is 5.75 Å². The molecule has 1 heterocycles. The van der Waals surface area contributed by atoms with Crippen molar-refractivity contribution in [1.82, 2.24) is 0 Å². The third kappa shape index (κ3) is 3.73. The first kappa shape index (κ1) is 18.8. The zero-order chi connectivity index (χ0) is 18.9. The number of piperidine rings is 1. The molecule has 0 amide bonds. The van der Waals surface area contributed by atoms with Gasteiger partial charge in [0, 0.05) is 28.5 Å². The van der Waals surface area contributed by atoms with Crippen LogP contribution in [-0.2, 0) is 6.54 Å². The van der Waals surface area contributed by atoms with Crippen LogP contribution in [0.2, 0.25) is 5.02 Å². The lowest BCUT2D eigenvalue weighted by Crippen LogP contribution is -3.13.